The highest BCUT2D eigenvalue weighted by Gasteiger charge is 2.12. The van der Waals surface area contributed by atoms with E-state index in [2.05, 4.69) is 0 Å². The molecule has 2 aromatic rings. The van der Waals surface area contributed by atoms with Gasteiger partial charge in [0, 0.05) is 5.92 Å². The van der Waals surface area contributed by atoms with Gasteiger partial charge in [0.25, 0.3) is 0 Å². The van der Waals surface area contributed by atoms with Crippen molar-refractivity contribution in [1.82, 2.24) is 0 Å². The van der Waals surface area contributed by atoms with Gasteiger partial charge in [-0.2, -0.15) is 0 Å². The Balaban J connectivity index is 2.06. The van der Waals surface area contributed by atoms with E-state index in [0.29, 0.717) is 6.61 Å². The molecule has 0 aliphatic heterocycles. The minimum absolute atomic E-state index is 0.0741. The zero-order valence-electron chi connectivity index (χ0n) is 10.8. The Hall–Kier alpha value is -1.87. The Morgan fingerprint density at radius 2 is 1.95 bits per heavy atom. The van der Waals surface area contributed by atoms with Crippen molar-refractivity contribution < 1.29 is 14.2 Å². The molecule has 3 heteroatoms. The zero-order valence-corrected chi connectivity index (χ0v) is 10.8. The predicted octanol–water partition coefficient (Wildman–Crippen LogP) is 3.29. The van der Waals surface area contributed by atoms with Gasteiger partial charge >= 0.3 is 0 Å². The Morgan fingerprint density at radius 3 is 2.63 bits per heavy atom. The first-order valence-electron chi connectivity index (χ1n) is 6.25. The number of hydrogen-bond donors (Lipinski definition) is 1. The smallest absolute Gasteiger partial charge is 0.123 e. The molecule has 2 aromatic carbocycles. The summed E-state index contributed by atoms with van der Waals surface area (Å²) in [6, 6.07) is 14.0. The standard InChI is InChI=1S/C16H17FO2/c1-12-5-2-3-8-16(12)19-11-14(10-18)13-6-4-7-15(17)9-13/h2-9,14,18H,10-11H2,1H3. The molecule has 0 aromatic heterocycles. The third kappa shape index (κ3) is 3.55. The zero-order chi connectivity index (χ0) is 13.7. The molecule has 0 aliphatic rings. The Labute approximate surface area is 112 Å². The lowest BCUT2D eigenvalue weighted by Crippen LogP contribution is -2.14. The number of benzene rings is 2. The van der Waals surface area contributed by atoms with Crippen LogP contribution in [0.3, 0.4) is 0 Å². The Bertz CT molecular complexity index is 540. The first-order chi connectivity index (χ1) is 9.20. The summed E-state index contributed by atoms with van der Waals surface area (Å²) < 4.78 is 18.9. The molecule has 0 heterocycles. The highest BCUT2D eigenvalue weighted by Crippen LogP contribution is 2.21. The molecule has 1 N–H and O–H groups in total. The van der Waals surface area contributed by atoms with Gasteiger partial charge in [-0.05, 0) is 36.2 Å². The maximum Gasteiger partial charge on any atom is 0.123 e. The van der Waals surface area contributed by atoms with E-state index in [4.69, 9.17) is 4.74 Å². The lowest BCUT2D eigenvalue weighted by molar-refractivity contribution is 0.204. The second-order valence-electron chi connectivity index (χ2n) is 4.51. The molecule has 0 spiro atoms. The average molecular weight is 260 g/mol. The van der Waals surface area contributed by atoms with Gasteiger partial charge in [-0.3, -0.25) is 0 Å². The van der Waals surface area contributed by atoms with Gasteiger partial charge in [0.1, 0.15) is 11.6 Å². The fourth-order valence-corrected chi connectivity index (χ4v) is 1.92. The molecule has 0 saturated carbocycles. The van der Waals surface area contributed by atoms with Crippen molar-refractivity contribution in [1.29, 1.82) is 0 Å². The lowest BCUT2D eigenvalue weighted by Gasteiger charge is -2.16. The van der Waals surface area contributed by atoms with Gasteiger partial charge in [-0.1, -0.05) is 30.3 Å². The van der Waals surface area contributed by atoms with Gasteiger partial charge in [-0.25, -0.2) is 4.39 Å². The quantitative estimate of drug-likeness (QED) is 0.894. The maximum absolute atomic E-state index is 13.2. The number of halogens is 1. The van der Waals surface area contributed by atoms with Crippen molar-refractivity contribution in [2.24, 2.45) is 0 Å². The van der Waals surface area contributed by atoms with E-state index in [1.807, 2.05) is 31.2 Å². The summed E-state index contributed by atoms with van der Waals surface area (Å²) in [6.07, 6.45) is 0. The minimum atomic E-state index is -0.299. The Kier molecular flexibility index (Phi) is 4.53. The van der Waals surface area contributed by atoms with E-state index in [1.54, 1.807) is 12.1 Å². The van der Waals surface area contributed by atoms with Crippen LogP contribution < -0.4 is 4.74 Å². The summed E-state index contributed by atoms with van der Waals surface area (Å²) >= 11 is 0. The molecule has 0 amide bonds. The Morgan fingerprint density at radius 1 is 1.16 bits per heavy atom. The van der Waals surface area contributed by atoms with Crippen LogP contribution in [0, 0.1) is 12.7 Å². The third-order valence-electron chi connectivity index (χ3n) is 3.07. The number of hydrogen-bond acceptors (Lipinski definition) is 2. The van der Waals surface area contributed by atoms with Crippen molar-refractivity contribution >= 4 is 0 Å². The normalized spacial score (nSPS) is 12.2. The summed E-state index contributed by atoms with van der Waals surface area (Å²) in [7, 11) is 0. The van der Waals surface area contributed by atoms with E-state index >= 15 is 0 Å². The number of aliphatic hydroxyl groups is 1. The highest BCUT2D eigenvalue weighted by molar-refractivity contribution is 5.32. The second-order valence-corrected chi connectivity index (χ2v) is 4.51. The SMILES string of the molecule is Cc1ccccc1OCC(CO)c1cccc(F)c1. The molecule has 1 atom stereocenters. The van der Waals surface area contributed by atoms with Crippen LogP contribution in [0.1, 0.15) is 17.0 Å². The first kappa shape index (κ1) is 13.6. The van der Waals surface area contributed by atoms with E-state index in [-0.39, 0.29) is 18.3 Å². The molecule has 0 radical (unpaired) electrons. The van der Waals surface area contributed by atoms with E-state index in [9.17, 15) is 9.50 Å². The third-order valence-corrected chi connectivity index (χ3v) is 3.07. The van der Waals surface area contributed by atoms with Crippen LogP contribution in [0.2, 0.25) is 0 Å². The molecular formula is C16H17FO2. The van der Waals surface area contributed by atoms with Crippen molar-refractivity contribution in [3.8, 4) is 5.75 Å². The summed E-state index contributed by atoms with van der Waals surface area (Å²) in [4.78, 5) is 0. The molecule has 0 aliphatic carbocycles. The number of rotatable bonds is 5. The van der Waals surface area contributed by atoms with E-state index in [1.165, 1.54) is 12.1 Å². The van der Waals surface area contributed by atoms with E-state index < -0.39 is 0 Å². The predicted molar refractivity (Wildman–Crippen MR) is 72.9 cm³/mol. The van der Waals surface area contributed by atoms with Crippen LogP contribution >= 0.6 is 0 Å². The summed E-state index contributed by atoms with van der Waals surface area (Å²) in [5.74, 6) is 0.263. The van der Waals surface area contributed by atoms with Crippen molar-refractivity contribution in [3.05, 3.63) is 65.5 Å². The molecule has 1 unspecified atom stereocenters. The molecule has 2 rings (SSSR count). The molecule has 19 heavy (non-hydrogen) atoms. The van der Waals surface area contributed by atoms with Crippen LogP contribution in [-0.2, 0) is 0 Å². The topological polar surface area (TPSA) is 29.5 Å². The molecule has 0 bridgehead atoms. The summed E-state index contributed by atoms with van der Waals surface area (Å²) in [5, 5.41) is 9.42. The van der Waals surface area contributed by atoms with E-state index in [0.717, 1.165) is 16.9 Å². The van der Waals surface area contributed by atoms with Crippen LogP contribution in [0.5, 0.6) is 5.75 Å². The summed E-state index contributed by atoms with van der Waals surface area (Å²) in [5.41, 5.74) is 1.79. The van der Waals surface area contributed by atoms with Gasteiger partial charge < -0.3 is 9.84 Å². The number of para-hydroxylation sites is 1. The first-order valence-corrected chi connectivity index (χ1v) is 6.25. The largest absolute Gasteiger partial charge is 0.493 e. The van der Waals surface area contributed by atoms with Crippen molar-refractivity contribution in [3.63, 3.8) is 0 Å². The lowest BCUT2D eigenvalue weighted by atomic mass is 10.0. The van der Waals surface area contributed by atoms with Crippen molar-refractivity contribution in [2.45, 2.75) is 12.8 Å². The van der Waals surface area contributed by atoms with Crippen LogP contribution in [0.25, 0.3) is 0 Å². The number of aryl methyl sites for hydroxylation is 1. The maximum atomic E-state index is 13.2. The van der Waals surface area contributed by atoms with Gasteiger partial charge in [-0.15, -0.1) is 0 Å². The highest BCUT2D eigenvalue weighted by atomic mass is 19.1. The molecule has 2 nitrogen and oxygen atoms in total. The van der Waals surface area contributed by atoms with Gasteiger partial charge in [0.05, 0.1) is 13.2 Å². The number of ether oxygens (including phenoxy) is 1. The molecule has 0 fully saturated rings. The molecular weight excluding hydrogens is 243 g/mol. The minimum Gasteiger partial charge on any atom is -0.493 e. The van der Waals surface area contributed by atoms with Crippen LogP contribution in [-0.4, -0.2) is 18.3 Å². The second kappa shape index (κ2) is 6.34. The fourth-order valence-electron chi connectivity index (χ4n) is 1.92. The van der Waals surface area contributed by atoms with Gasteiger partial charge in [0.15, 0.2) is 0 Å². The summed E-state index contributed by atoms with van der Waals surface area (Å²) in [6.45, 7) is 2.21. The monoisotopic (exact) mass is 260 g/mol. The average Bonchev–Trinajstić information content (AvgIpc) is 2.41. The number of aliphatic hydroxyl groups excluding tert-OH is 1. The fraction of sp³-hybridized carbons (Fsp3) is 0.250. The molecule has 0 saturated heterocycles. The van der Waals surface area contributed by atoms with Crippen LogP contribution in [0.4, 0.5) is 4.39 Å². The van der Waals surface area contributed by atoms with Crippen molar-refractivity contribution in [2.75, 3.05) is 13.2 Å². The molecule has 100 valence electrons. The van der Waals surface area contributed by atoms with Gasteiger partial charge in [0.2, 0.25) is 0 Å². The van der Waals surface area contributed by atoms with Crippen LogP contribution in [0.15, 0.2) is 48.5 Å².